The number of rotatable bonds is 5. The van der Waals surface area contributed by atoms with E-state index in [1.165, 1.54) is 0 Å². The normalized spacial score (nSPS) is 35.8. The standard InChI is InChI=1S/C11H19NO9/c1-4(14)12-7-5(15)2-11(20,10(18)19)21-9(7)8(17)6(16)3-13/h5-9,13,15-17,20H,2-3H2,1H3,(H,12,14)(H,18,19)/p-1/t5-,6-,7-,8-,9?,11-/m1/s1. The van der Waals surface area contributed by atoms with Crippen molar-refractivity contribution in [2.75, 3.05) is 6.61 Å². The number of aliphatic hydroxyl groups is 5. The topological polar surface area (TPSA) is 180 Å². The van der Waals surface area contributed by atoms with Crippen molar-refractivity contribution in [1.29, 1.82) is 0 Å². The van der Waals surface area contributed by atoms with E-state index in [-0.39, 0.29) is 0 Å². The molecule has 1 saturated heterocycles. The molecule has 10 nitrogen and oxygen atoms in total. The molecule has 1 heterocycles. The second kappa shape index (κ2) is 6.64. The van der Waals surface area contributed by atoms with Gasteiger partial charge in [-0.15, -0.1) is 0 Å². The lowest BCUT2D eigenvalue weighted by molar-refractivity contribution is -0.374. The Balaban J connectivity index is 3.07. The van der Waals surface area contributed by atoms with Crippen LogP contribution in [0.3, 0.4) is 0 Å². The summed E-state index contributed by atoms with van der Waals surface area (Å²) in [5, 5.41) is 60.8. The number of carboxylic acid groups (broad SMARTS) is 1. The minimum atomic E-state index is -2.89. The average molecular weight is 308 g/mol. The van der Waals surface area contributed by atoms with E-state index in [4.69, 9.17) is 9.84 Å². The fraction of sp³-hybridized carbons (Fsp3) is 0.818. The predicted molar refractivity (Wildman–Crippen MR) is 62.2 cm³/mol. The van der Waals surface area contributed by atoms with Gasteiger partial charge in [-0.3, -0.25) is 4.79 Å². The number of carbonyl (C=O) groups excluding carboxylic acids is 2. The van der Waals surface area contributed by atoms with Crippen LogP contribution >= 0.6 is 0 Å². The second-order valence-corrected chi connectivity index (χ2v) is 4.89. The van der Waals surface area contributed by atoms with Crippen molar-refractivity contribution in [3.63, 3.8) is 0 Å². The van der Waals surface area contributed by atoms with Crippen molar-refractivity contribution >= 4 is 11.9 Å². The van der Waals surface area contributed by atoms with Gasteiger partial charge < -0.3 is 45.5 Å². The summed E-state index contributed by atoms with van der Waals surface area (Å²) in [7, 11) is 0. The molecule has 0 aromatic heterocycles. The smallest absolute Gasteiger partial charge is 0.217 e. The summed E-state index contributed by atoms with van der Waals surface area (Å²) in [6, 6.07) is -1.29. The summed E-state index contributed by atoms with van der Waals surface area (Å²) in [6.45, 7) is 0.228. The van der Waals surface area contributed by atoms with Gasteiger partial charge in [-0.2, -0.15) is 0 Å². The minimum Gasteiger partial charge on any atom is -0.544 e. The quantitative estimate of drug-likeness (QED) is 0.289. The third-order valence-electron chi connectivity index (χ3n) is 3.19. The maximum Gasteiger partial charge on any atom is 0.217 e. The minimum absolute atomic E-state index is 0.614. The Morgan fingerprint density at radius 2 is 2.05 bits per heavy atom. The van der Waals surface area contributed by atoms with Gasteiger partial charge in [-0.05, 0) is 0 Å². The first-order chi connectivity index (χ1) is 9.62. The molecule has 0 aliphatic carbocycles. The fourth-order valence-electron chi connectivity index (χ4n) is 2.13. The average Bonchev–Trinajstić information content (AvgIpc) is 2.39. The van der Waals surface area contributed by atoms with Gasteiger partial charge in [0.1, 0.15) is 24.3 Å². The van der Waals surface area contributed by atoms with E-state index in [2.05, 4.69) is 5.32 Å². The Labute approximate surface area is 119 Å². The van der Waals surface area contributed by atoms with Crippen molar-refractivity contribution in [3.05, 3.63) is 0 Å². The Bertz CT molecular complexity index is 403. The molecule has 1 aliphatic heterocycles. The van der Waals surface area contributed by atoms with Gasteiger partial charge in [0, 0.05) is 13.3 Å². The van der Waals surface area contributed by atoms with Crippen molar-refractivity contribution in [2.45, 2.75) is 49.6 Å². The number of nitrogens with one attached hydrogen (secondary N) is 1. The molecular weight excluding hydrogens is 290 g/mol. The van der Waals surface area contributed by atoms with Gasteiger partial charge in [0.05, 0.1) is 18.8 Å². The van der Waals surface area contributed by atoms with Gasteiger partial charge in [0.25, 0.3) is 0 Å². The summed E-state index contributed by atoms with van der Waals surface area (Å²) in [6.07, 6.45) is -7.67. The highest BCUT2D eigenvalue weighted by Crippen LogP contribution is 2.29. The highest BCUT2D eigenvalue weighted by atomic mass is 16.7. The largest absolute Gasteiger partial charge is 0.544 e. The summed E-state index contributed by atoms with van der Waals surface area (Å²) < 4.78 is 4.80. The SMILES string of the molecule is CC(=O)N[C@H]1C([C@H](O)[C@H](O)CO)O[C@@](O)(C(=O)[O-])C[C@H]1O. The lowest BCUT2D eigenvalue weighted by atomic mass is 9.88. The molecule has 0 spiro atoms. The van der Waals surface area contributed by atoms with Crippen LogP contribution in [0.5, 0.6) is 0 Å². The number of hydrogen-bond acceptors (Lipinski definition) is 9. The molecular formula is C11H18NO9-. The third kappa shape index (κ3) is 3.87. The zero-order chi connectivity index (χ0) is 16.4. The van der Waals surface area contributed by atoms with E-state index in [1.807, 2.05) is 0 Å². The highest BCUT2D eigenvalue weighted by molar-refractivity contribution is 5.74. The van der Waals surface area contributed by atoms with E-state index in [9.17, 15) is 35.1 Å². The molecule has 1 rings (SSSR count). The van der Waals surface area contributed by atoms with Crippen LogP contribution < -0.4 is 10.4 Å². The molecule has 6 N–H and O–H groups in total. The molecule has 21 heavy (non-hydrogen) atoms. The van der Waals surface area contributed by atoms with Crippen molar-refractivity contribution in [2.24, 2.45) is 0 Å². The summed E-state index contributed by atoms with van der Waals surface area (Å²) in [5.41, 5.74) is 0. The first-order valence-electron chi connectivity index (χ1n) is 6.16. The van der Waals surface area contributed by atoms with Gasteiger partial charge >= 0.3 is 0 Å². The maximum absolute atomic E-state index is 11.1. The van der Waals surface area contributed by atoms with Crippen LogP contribution in [-0.2, 0) is 14.3 Å². The lowest BCUT2D eigenvalue weighted by Gasteiger charge is -2.46. The second-order valence-electron chi connectivity index (χ2n) is 4.89. The molecule has 0 radical (unpaired) electrons. The van der Waals surface area contributed by atoms with Crippen LogP contribution in [0, 0.1) is 0 Å². The zero-order valence-electron chi connectivity index (χ0n) is 11.2. The number of carbonyl (C=O) groups is 2. The van der Waals surface area contributed by atoms with Crippen LogP contribution in [0.4, 0.5) is 0 Å². The van der Waals surface area contributed by atoms with E-state index >= 15 is 0 Å². The molecule has 0 aromatic carbocycles. The molecule has 1 fully saturated rings. The molecule has 0 bridgehead atoms. The van der Waals surface area contributed by atoms with Gasteiger partial charge in [0.2, 0.25) is 11.7 Å². The monoisotopic (exact) mass is 308 g/mol. The Morgan fingerprint density at radius 1 is 1.48 bits per heavy atom. The van der Waals surface area contributed by atoms with E-state index < -0.39 is 61.1 Å². The van der Waals surface area contributed by atoms with Crippen molar-refractivity contribution in [1.82, 2.24) is 5.32 Å². The number of aliphatic hydroxyl groups excluding tert-OH is 4. The molecule has 1 amide bonds. The predicted octanol–water partition coefficient (Wildman–Crippen LogP) is -5.21. The summed E-state index contributed by atoms with van der Waals surface area (Å²) in [5.74, 6) is -5.55. The van der Waals surface area contributed by atoms with Crippen LogP contribution in [0.2, 0.25) is 0 Å². The number of aliphatic carboxylic acids is 1. The maximum atomic E-state index is 11.1. The molecule has 0 aromatic rings. The van der Waals surface area contributed by atoms with Gasteiger partial charge in [-0.25, -0.2) is 0 Å². The Morgan fingerprint density at radius 3 is 2.48 bits per heavy atom. The van der Waals surface area contributed by atoms with Gasteiger partial charge in [-0.1, -0.05) is 0 Å². The fourth-order valence-corrected chi connectivity index (χ4v) is 2.13. The lowest BCUT2D eigenvalue weighted by Crippen LogP contribution is -2.68. The Kier molecular flexibility index (Phi) is 5.61. The number of carboxylic acids is 1. The molecule has 122 valence electrons. The van der Waals surface area contributed by atoms with Crippen molar-refractivity contribution in [3.8, 4) is 0 Å². The molecule has 1 unspecified atom stereocenters. The van der Waals surface area contributed by atoms with Crippen molar-refractivity contribution < 1.29 is 45.0 Å². The summed E-state index contributed by atoms with van der Waals surface area (Å²) >= 11 is 0. The first-order valence-corrected chi connectivity index (χ1v) is 6.16. The van der Waals surface area contributed by atoms with Crippen LogP contribution in [0.15, 0.2) is 0 Å². The molecule has 1 aliphatic rings. The third-order valence-corrected chi connectivity index (χ3v) is 3.19. The first kappa shape index (κ1) is 17.8. The van der Waals surface area contributed by atoms with E-state index in [0.29, 0.717) is 0 Å². The number of amides is 1. The zero-order valence-corrected chi connectivity index (χ0v) is 11.2. The van der Waals surface area contributed by atoms with Gasteiger partial charge in [0.15, 0.2) is 0 Å². The van der Waals surface area contributed by atoms with E-state index in [0.717, 1.165) is 6.92 Å². The van der Waals surface area contributed by atoms with Crippen LogP contribution in [0.25, 0.3) is 0 Å². The van der Waals surface area contributed by atoms with Crippen LogP contribution in [0.1, 0.15) is 13.3 Å². The van der Waals surface area contributed by atoms with E-state index in [1.54, 1.807) is 0 Å². The molecule has 0 saturated carbocycles. The molecule has 10 heteroatoms. The number of ether oxygens (including phenoxy) is 1. The molecule has 6 atom stereocenters. The van der Waals surface area contributed by atoms with Crippen LogP contribution in [-0.4, -0.2) is 80.3 Å². The number of hydrogen-bond donors (Lipinski definition) is 6. The Hall–Kier alpha value is -1.30. The highest BCUT2D eigenvalue weighted by Gasteiger charge is 2.50. The summed E-state index contributed by atoms with van der Waals surface area (Å²) in [4.78, 5) is 22.0.